The van der Waals surface area contributed by atoms with Crippen LogP contribution in [0.2, 0.25) is 0 Å². The van der Waals surface area contributed by atoms with Crippen molar-refractivity contribution in [2.75, 3.05) is 10.6 Å². The largest absolute Gasteiger partial charge is 0.336 e. The summed E-state index contributed by atoms with van der Waals surface area (Å²) in [5, 5.41) is 6.37. The van der Waals surface area contributed by atoms with Crippen LogP contribution < -0.4 is 22.1 Å². The van der Waals surface area contributed by atoms with Gasteiger partial charge in [-0.1, -0.05) is 30.3 Å². The molecule has 7 heteroatoms. The zero-order valence-corrected chi connectivity index (χ0v) is 12.2. The molecule has 1 aromatic carbocycles. The molecular weight excluding hydrogens is 278 g/mol. The molecule has 1 heterocycles. The van der Waals surface area contributed by atoms with E-state index in [1.807, 2.05) is 30.3 Å². The minimum Gasteiger partial charge on any atom is -0.336 e. The lowest BCUT2D eigenvalue weighted by Gasteiger charge is -2.16. The van der Waals surface area contributed by atoms with Crippen molar-refractivity contribution in [2.24, 2.45) is 11.5 Å². The predicted molar refractivity (Wildman–Crippen MR) is 84.8 cm³/mol. The van der Waals surface area contributed by atoms with Gasteiger partial charge < -0.3 is 22.1 Å². The van der Waals surface area contributed by atoms with Crippen molar-refractivity contribution >= 4 is 11.9 Å². The maximum Gasteiger partial charge on any atom is 0.229 e. The van der Waals surface area contributed by atoms with E-state index >= 15 is 0 Å². The number of nitrogens with two attached hydrogens (primary N) is 2. The van der Waals surface area contributed by atoms with Gasteiger partial charge in [0.2, 0.25) is 11.9 Å². The summed E-state index contributed by atoms with van der Waals surface area (Å²) in [5.74, 6) is 1.58. The lowest BCUT2D eigenvalue weighted by molar-refractivity contribution is 0.749. The van der Waals surface area contributed by atoms with Gasteiger partial charge in [-0.3, -0.25) is 0 Å². The molecule has 1 aromatic heterocycles. The average molecular weight is 297 g/mol. The normalized spacial score (nSPS) is 20.3. The summed E-state index contributed by atoms with van der Waals surface area (Å²) >= 11 is 0. The maximum absolute atomic E-state index is 6.10. The topological polar surface area (TPSA) is 115 Å². The number of hydrogen-bond acceptors (Lipinski definition) is 7. The molecule has 7 nitrogen and oxygen atoms in total. The summed E-state index contributed by atoms with van der Waals surface area (Å²) in [7, 11) is 0. The third-order valence-electron chi connectivity index (χ3n) is 3.97. The molecule has 0 amide bonds. The van der Waals surface area contributed by atoms with Crippen LogP contribution >= 0.6 is 0 Å². The highest BCUT2D eigenvalue weighted by Gasteiger charge is 2.40. The van der Waals surface area contributed by atoms with Crippen molar-refractivity contribution in [1.29, 1.82) is 0 Å². The maximum atomic E-state index is 6.10. The number of nitrogens with one attached hydrogen (secondary N) is 2. The average Bonchev–Trinajstić information content (AvgIpc) is 3.40. The first-order valence-electron chi connectivity index (χ1n) is 7.49. The number of rotatable bonds is 5. The second-order valence-electron chi connectivity index (χ2n) is 6.23. The summed E-state index contributed by atoms with van der Waals surface area (Å²) in [6, 6.07) is 9.80. The first kappa shape index (κ1) is 13.4. The van der Waals surface area contributed by atoms with Crippen LogP contribution in [0.1, 0.15) is 25.7 Å². The summed E-state index contributed by atoms with van der Waals surface area (Å²) in [6.45, 7) is 0. The van der Waals surface area contributed by atoms with Crippen LogP contribution in [0.25, 0.3) is 11.4 Å². The van der Waals surface area contributed by atoms with Crippen LogP contribution in [-0.4, -0.2) is 26.3 Å². The molecule has 2 aliphatic carbocycles. The molecule has 114 valence electrons. The fourth-order valence-corrected chi connectivity index (χ4v) is 2.17. The fourth-order valence-electron chi connectivity index (χ4n) is 2.17. The molecule has 4 rings (SSSR count). The van der Waals surface area contributed by atoms with E-state index in [2.05, 4.69) is 25.6 Å². The SMILES string of the molecule is NC1(Nc2nc(NC3(N)CC3)nc(-c3ccccc3)n2)CC1. The number of aromatic nitrogens is 3. The van der Waals surface area contributed by atoms with E-state index in [-0.39, 0.29) is 11.3 Å². The number of hydrogen-bond donors (Lipinski definition) is 4. The lowest BCUT2D eigenvalue weighted by Crippen LogP contribution is -2.34. The Kier molecular flexibility index (Phi) is 2.82. The van der Waals surface area contributed by atoms with Gasteiger partial charge in [0.25, 0.3) is 0 Å². The minimum atomic E-state index is -0.382. The Balaban J connectivity index is 1.69. The van der Waals surface area contributed by atoms with Gasteiger partial charge in [-0.2, -0.15) is 15.0 Å². The molecule has 0 spiro atoms. The smallest absolute Gasteiger partial charge is 0.229 e. The van der Waals surface area contributed by atoms with Crippen molar-refractivity contribution in [3.63, 3.8) is 0 Å². The second-order valence-corrected chi connectivity index (χ2v) is 6.23. The molecule has 0 aliphatic heterocycles. The van der Waals surface area contributed by atoms with Crippen molar-refractivity contribution in [1.82, 2.24) is 15.0 Å². The van der Waals surface area contributed by atoms with Gasteiger partial charge in [-0.15, -0.1) is 0 Å². The van der Waals surface area contributed by atoms with Crippen molar-refractivity contribution in [2.45, 2.75) is 37.0 Å². The molecule has 2 aromatic rings. The number of anilines is 2. The highest BCUT2D eigenvalue weighted by Crippen LogP contribution is 2.34. The van der Waals surface area contributed by atoms with Crippen LogP contribution in [0.15, 0.2) is 30.3 Å². The lowest BCUT2D eigenvalue weighted by atomic mass is 10.2. The van der Waals surface area contributed by atoms with Gasteiger partial charge in [0.15, 0.2) is 5.82 Å². The highest BCUT2D eigenvalue weighted by atomic mass is 15.3. The Morgan fingerprint density at radius 1 is 0.773 bits per heavy atom. The molecule has 0 radical (unpaired) electrons. The van der Waals surface area contributed by atoms with E-state index in [1.54, 1.807) is 0 Å². The van der Waals surface area contributed by atoms with Gasteiger partial charge in [-0.25, -0.2) is 0 Å². The third kappa shape index (κ3) is 2.86. The van der Waals surface area contributed by atoms with E-state index in [0.717, 1.165) is 31.2 Å². The van der Waals surface area contributed by atoms with E-state index in [4.69, 9.17) is 11.5 Å². The molecule has 2 saturated carbocycles. The van der Waals surface area contributed by atoms with Crippen molar-refractivity contribution < 1.29 is 0 Å². The summed E-state index contributed by atoms with van der Waals surface area (Å²) in [4.78, 5) is 13.4. The van der Waals surface area contributed by atoms with Crippen molar-refractivity contribution in [3.05, 3.63) is 30.3 Å². The Morgan fingerprint density at radius 3 is 1.73 bits per heavy atom. The minimum absolute atomic E-state index is 0.382. The molecule has 6 N–H and O–H groups in total. The van der Waals surface area contributed by atoms with Gasteiger partial charge in [0.05, 0.1) is 11.3 Å². The van der Waals surface area contributed by atoms with E-state index in [0.29, 0.717) is 17.7 Å². The molecule has 0 atom stereocenters. The fraction of sp³-hybridized carbons (Fsp3) is 0.400. The van der Waals surface area contributed by atoms with Gasteiger partial charge in [0.1, 0.15) is 0 Å². The zero-order chi connectivity index (χ0) is 15.2. The van der Waals surface area contributed by atoms with Gasteiger partial charge in [0, 0.05) is 5.56 Å². The molecule has 22 heavy (non-hydrogen) atoms. The molecular formula is C15H19N7. The Morgan fingerprint density at radius 2 is 1.27 bits per heavy atom. The summed E-state index contributed by atoms with van der Waals surface area (Å²) in [5.41, 5.74) is 12.4. The van der Waals surface area contributed by atoms with E-state index in [9.17, 15) is 0 Å². The third-order valence-corrected chi connectivity index (χ3v) is 3.97. The number of benzene rings is 1. The van der Waals surface area contributed by atoms with Crippen LogP contribution in [-0.2, 0) is 0 Å². The zero-order valence-electron chi connectivity index (χ0n) is 12.2. The van der Waals surface area contributed by atoms with Gasteiger partial charge in [-0.05, 0) is 25.7 Å². The Bertz CT molecular complexity index is 654. The predicted octanol–water partition coefficient (Wildman–Crippen LogP) is 1.26. The van der Waals surface area contributed by atoms with Crippen LogP contribution in [0.5, 0.6) is 0 Å². The van der Waals surface area contributed by atoms with E-state index in [1.165, 1.54) is 0 Å². The molecule has 2 aliphatic rings. The molecule has 0 saturated heterocycles. The first-order chi connectivity index (χ1) is 10.5. The standard InChI is InChI=1S/C15H19N7/c16-14(6-7-14)21-12-18-11(10-4-2-1-3-5-10)19-13(20-12)22-15(17)8-9-15/h1-5H,6-9,16-17H2,(H2,18,19,20,21,22). The van der Waals surface area contributed by atoms with E-state index < -0.39 is 0 Å². The van der Waals surface area contributed by atoms with Crippen LogP contribution in [0.3, 0.4) is 0 Å². The number of nitrogens with zero attached hydrogens (tertiary/aromatic N) is 3. The Hall–Kier alpha value is -2.25. The summed E-state index contributed by atoms with van der Waals surface area (Å²) in [6.07, 6.45) is 3.68. The van der Waals surface area contributed by atoms with Gasteiger partial charge >= 0.3 is 0 Å². The highest BCUT2D eigenvalue weighted by molar-refractivity contribution is 5.58. The Labute approximate surface area is 128 Å². The molecule has 2 fully saturated rings. The van der Waals surface area contributed by atoms with Crippen LogP contribution in [0.4, 0.5) is 11.9 Å². The molecule has 0 unspecified atom stereocenters. The molecule has 0 bridgehead atoms. The van der Waals surface area contributed by atoms with Crippen LogP contribution in [0, 0.1) is 0 Å². The quantitative estimate of drug-likeness (QED) is 0.614. The second kappa shape index (κ2) is 4.62. The monoisotopic (exact) mass is 297 g/mol. The van der Waals surface area contributed by atoms with Crippen molar-refractivity contribution in [3.8, 4) is 11.4 Å². The summed E-state index contributed by atoms with van der Waals surface area (Å²) < 4.78 is 0. The first-order valence-corrected chi connectivity index (χ1v) is 7.49.